The van der Waals surface area contributed by atoms with Crippen LogP contribution in [0.1, 0.15) is 87.1 Å². The van der Waals surface area contributed by atoms with Crippen LogP contribution in [0.4, 0.5) is 0 Å². The zero-order valence-corrected chi connectivity index (χ0v) is 16.1. The third-order valence-electron chi connectivity index (χ3n) is 6.01. The number of amides is 2. The van der Waals surface area contributed by atoms with Crippen LogP contribution in [-0.2, 0) is 4.79 Å². The lowest BCUT2D eigenvalue weighted by atomic mass is 9.82. The van der Waals surface area contributed by atoms with Gasteiger partial charge in [0.25, 0.3) is 5.91 Å². The van der Waals surface area contributed by atoms with E-state index in [1.807, 2.05) is 12.1 Å². The first-order valence-electron chi connectivity index (χ1n) is 10.2. The molecule has 1 aromatic rings. The molecule has 2 fully saturated rings. The zero-order valence-electron chi connectivity index (χ0n) is 16.1. The molecule has 0 unspecified atom stereocenters. The van der Waals surface area contributed by atoms with Gasteiger partial charge in [-0.25, -0.2) is 0 Å². The third-order valence-corrected chi connectivity index (χ3v) is 6.01. The fourth-order valence-corrected chi connectivity index (χ4v) is 4.20. The van der Waals surface area contributed by atoms with Crippen LogP contribution >= 0.6 is 0 Å². The highest BCUT2D eigenvalue weighted by Gasteiger charge is 2.39. The predicted molar refractivity (Wildman–Crippen MR) is 104 cm³/mol. The van der Waals surface area contributed by atoms with Gasteiger partial charge < -0.3 is 10.6 Å². The maximum atomic E-state index is 13.2. The average Bonchev–Trinajstić information content (AvgIpc) is 3.46. The smallest absolute Gasteiger partial charge is 0.254 e. The molecule has 0 aromatic heterocycles. The van der Waals surface area contributed by atoms with Gasteiger partial charge in [-0.1, -0.05) is 26.0 Å². The van der Waals surface area contributed by atoms with Gasteiger partial charge in [-0.3, -0.25) is 9.59 Å². The molecule has 2 aliphatic rings. The Kier molecular flexibility index (Phi) is 6.00. The van der Waals surface area contributed by atoms with E-state index in [1.165, 1.54) is 5.56 Å². The number of primary amides is 1. The van der Waals surface area contributed by atoms with Crippen LogP contribution < -0.4 is 5.73 Å². The Balaban J connectivity index is 1.62. The summed E-state index contributed by atoms with van der Waals surface area (Å²) >= 11 is 0. The van der Waals surface area contributed by atoms with E-state index in [0.717, 1.165) is 50.5 Å². The molecule has 2 N–H and O–H groups in total. The Labute approximate surface area is 157 Å². The van der Waals surface area contributed by atoms with E-state index >= 15 is 0 Å². The van der Waals surface area contributed by atoms with E-state index in [0.29, 0.717) is 30.3 Å². The number of carbonyl (C=O) groups is 2. The van der Waals surface area contributed by atoms with E-state index < -0.39 is 0 Å². The van der Waals surface area contributed by atoms with Gasteiger partial charge in [0.05, 0.1) is 0 Å². The van der Waals surface area contributed by atoms with E-state index in [4.69, 9.17) is 5.73 Å². The van der Waals surface area contributed by atoms with E-state index in [9.17, 15) is 9.59 Å². The minimum absolute atomic E-state index is 0.198. The number of carbonyl (C=O) groups excluding carboxylic acids is 2. The number of benzene rings is 1. The van der Waals surface area contributed by atoms with E-state index in [2.05, 4.69) is 30.9 Å². The molecule has 0 atom stereocenters. The van der Waals surface area contributed by atoms with Crippen molar-refractivity contribution in [1.29, 1.82) is 0 Å². The highest BCUT2D eigenvalue weighted by atomic mass is 16.2. The molecule has 3 rings (SSSR count). The Morgan fingerprint density at radius 2 is 1.54 bits per heavy atom. The molecule has 0 bridgehead atoms. The summed E-state index contributed by atoms with van der Waals surface area (Å²) < 4.78 is 0. The molecule has 1 aromatic carbocycles. The quantitative estimate of drug-likeness (QED) is 0.794. The second kappa shape index (κ2) is 8.24. The molecule has 0 heterocycles. The molecular formula is C22H32N2O2. The summed E-state index contributed by atoms with van der Waals surface area (Å²) in [4.78, 5) is 26.3. The first-order chi connectivity index (χ1) is 12.5. The predicted octanol–water partition coefficient (Wildman–Crippen LogP) is 4.24. The van der Waals surface area contributed by atoms with Crippen molar-refractivity contribution < 1.29 is 9.59 Å². The van der Waals surface area contributed by atoms with Crippen LogP contribution in [0.5, 0.6) is 0 Å². The maximum Gasteiger partial charge on any atom is 0.254 e. The molecule has 2 amide bonds. The molecule has 2 saturated carbocycles. The summed E-state index contributed by atoms with van der Waals surface area (Å²) in [7, 11) is 0. The van der Waals surface area contributed by atoms with Crippen molar-refractivity contribution in [1.82, 2.24) is 4.90 Å². The van der Waals surface area contributed by atoms with Gasteiger partial charge in [0.1, 0.15) is 0 Å². The van der Waals surface area contributed by atoms with Crippen LogP contribution in [0.25, 0.3) is 0 Å². The molecule has 26 heavy (non-hydrogen) atoms. The Bertz CT molecular complexity index is 626. The number of hydrogen-bond donors (Lipinski definition) is 1. The van der Waals surface area contributed by atoms with Crippen LogP contribution in [0, 0.1) is 5.92 Å². The van der Waals surface area contributed by atoms with Gasteiger partial charge in [-0.2, -0.15) is 0 Å². The summed E-state index contributed by atoms with van der Waals surface area (Å²) in [5.41, 5.74) is 7.36. The maximum absolute atomic E-state index is 13.2. The first-order valence-corrected chi connectivity index (χ1v) is 10.2. The second-order valence-electron chi connectivity index (χ2n) is 8.40. The summed E-state index contributed by atoms with van der Waals surface area (Å²) in [6, 6.07) is 8.94. The summed E-state index contributed by atoms with van der Waals surface area (Å²) in [6.45, 7) is 4.34. The van der Waals surface area contributed by atoms with Gasteiger partial charge in [0.2, 0.25) is 5.91 Å². The third kappa shape index (κ3) is 4.66. The van der Waals surface area contributed by atoms with Crippen molar-refractivity contribution >= 4 is 11.8 Å². The number of rotatable bonds is 7. The summed E-state index contributed by atoms with van der Waals surface area (Å²) in [5.74, 6) is 1.06. The highest BCUT2D eigenvalue weighted by Crippen LogP contribution is 2.37. The van der Waals surface area contributed by atoms with Crippen molar-refractivity contribution in [3.63, 3.8) is 0 Å². The lowest BCUT2D eigenvalue weighted by molar-refractivity contribution is -0.118. The molecule has 0 radical (unpaired) electrons. The largest absolute Gasteiger partial charge is 0.370 e. The number of nitrogens with zero attached hydrogens (tertiary/aromatic N) is 1. The molecule has 0 spiro atoms. The second-order valence-corrected chi connectivity index (χ2v) is 8.40. The first kappa shape index (κ1) is 18.9. The lowest BCUT2D eigenvalue weighted by Gasteiger charge is -2.37. The zero-order chi connectivity index (χ0) is 18.7. The molecular weight excluding hydrogens is 324 g/mol. The van der Waals surface area contributed by atoms with Crippen LogP contribution in [0.2, 0.25) is 0 Å². The average molecular weight is 357 g/mol. The summed E-state index contributed by atoms with van der Waals surface area (Å²) in [6.07, 6.45) is 7.96. The molecule has 0 saturated heterocycles. The lowest BCUT2D eigenvalue weighted by Crippen LogP contribution is -2.44. The van der Waals surface area contributed by atoms with Crippen molar-refractivity contribution in [3.8, 4) is 0 Å². The topological polar surface area (TPSA) is 63.4 Å². The van der Waals surface area contributed by atoms with Gasteiger partial charge >= 0.3 is 0 Å². The molecule has 142 valence electrons. The Morgan fingerprint density at radius 1 is 1.00 bits per heavy atom. The standard InChI is InChI=1S/C22H32N2O2/c1-15(2)17-6-8-18(9-7-17)22(26)24(20-12-13-20)19-10-3-16(4-11-19)5-14-21(23)25/h6-9,15-16,19-20H,3-5,10-14H2,1-2H3,(H2,23,25). The van der Waals surface area contributed by atoms with Gasteiger partial charge in [-0.15, -0.1) is 0 Å². The fourth-order valence-electron chi connectivity index (χ4n) is 4.20. The van der Waals surface area contributed by atoms with Crippen molar-refractivity contribution in [2.45, 2.75) is 83.2 Å². The highest BCUT2D eigenvalue weighted by molar-refractivity contribution is 5.95. The number of hydrogen-bond acceptors (Lipinski definition) is 2. The molecule has 2 aliphatic carbocycles. The number of nitrogens with two attached hydrogens (primary N) is 1. The SMILES string of the molecule is CC(C)c1ccc(C(=O)N(C2CCC(CCC(N)=O)CC2)C2CC2)cc1. The van der Waals surface area contributed by atoms with E-state index in [1.54, 1.807) is 0 Å². The van der Waals surface area contributed by atoms with Crippen LogP contribution in [-0.4, -0.2) is 28.8 Å². The van der Waals surface area contributed by atoms with Crippen molar-refractivity contribution in [3.05, 3.63) is 35.4 Å². The van der Waals surface area contributed by atoms with Crippen molar-refractivity contribution in [2.24, 2.45) is 11.7 Å². The van der Waals surface area contributed by atoms with Crippen molar-refractivity contribution in [2.75, 3.05) is 0 Å². The summed E-state index contributed by atoms with van der Waals surface area (Å²) in [5, 5.41) is 0. The monoisotopic (exact) mass is 356 g/mol. The van der Waals surface area contributed by atoms with Crippen LogP contribution in [0.3, 0.4) is 0 Å². The Hall–Kier alpha value is -1.84. The molecule has 4 nitrogen and oxygen atoms in total. The van der Waals surface area contributed by atoms with Crippen LogP contribution in [0.15, 0.2) is 24.3 Å². The van der Waals surface area contributed by atoms with Gasteiger partial charge in [-0.05, 0) is 74.5 Å². The van der Waals surface area contributed by atoms with Gasteiger partial charge in [0.15, 0.2) is 0 Å². The fraction of sp³-hybridized carbons (Fsp3) is 0.636. The van der Waals surface area contributed by atoms with E-state index in [-0.39, 0.29) is 11.8 Å². The molecule has 0 aliphatic heterocycles. The minimum Gasteiger partial charge on any atom is -0.370 e. The Morgan fingerprint density at radius 3 is 2.00 bits per heavy atom. The minimum atomic E-state index is -0.202. The van der Waals surface area contributed by atoms with Gasteiger partial charge in [0, 0.05) is 24.1 Å². The molecule has 4 heteroatoms. The normalized spacial score (nSPS) is 23.0.